The second kappa shape index (κ2) is 7.00. The lowest BCUT2D eigenvalue weighted by Crippen LogP contribution is -2.22. The first-order chi connectivity index (χ1) is 12.4. The van der Waals surface area contributed by atoms with Crippen molar-refractivity contribution in [2.24, 2.45) is 0 Å². The highest BCUT2D eigenvalue weighted by atomic mass is 19.1. The van der Waals surface area contributed by atoms with E-state index in [9.17, 15) is 17.6 Å². The molecule has 124 valence electrons. The SMILES string of the molecule is [C-]#[N+]C(C#N)=c1c(F)nc(=c2nc(F)c(=C(C#N)[N+]#[C-])c(F)n2)nc1F. The van der Waals surface area contributed by atoms with Crippen molar-refractivity contribution in [2.75, 3.05) is 0 Å². The number of hydrogen-bond acceptors (Lipinski definition) is 6. The minimum absolute atomic E-state index is 0.967. The van der Waals surface area contributed by atoms with Gasteiger partial charge in [0.25, 0.3) is 11.4 Å². The van der Waals surface area contributed by atoms with Gasteiger partial charge < -0.3 is 0 Å². The monoisotopic (exact) mass is 356 g/mol. The summed E-state index contributed by atoms with van der Waals surface area (Å²) in [7, 11) is 0. The van der Waals surface area contributed by atoms with Gasteiger partial charge in [-0.3, -0.25) is 0 Å². The molecule has 2 aromatic heterocycles. The first-order valence-electron chi connectivity index (χ1n) is 6.14. The Morgan fingerprint density at radius 1 is 0.692 bits per heavy atom. The van der Waals surface area contributed by atoms with Crippen LogP contribution in [0.3, 0.4) is 0 Å². The number of nitrogens with zero attached hydrogens (tertiary/aromatic N) is 8. The second-order valence-electron chi connectivity index (χ2n) is 4.15. The second-order valence-corrected chi connectivity index (χ2v) is 4.15. The summed E-state index contributed by atoms with van der Waals surface area (Å²) in [5.41, 5.74) is -3.88. The fourth-order valence-corrected chi connectivity index (χ4v) is 1.68. The minimum Gasteiger partial charge on any atom is -0.226 e. The van der Waals surface area contributed by atoms with E-state index in [0.29, 0.717) is 0 Å². The molecule has 0 aliphatic rings. The fourth-order valence-electron chi connectivity index (χ4n) is 1.68. The number of nitriles is 2. The van der Waals surface area contributed by atoms with Gasteiger partial charge in [-0.25, -0.2) is 20.2 Å². The molecule has 0 saturated carbocycles. The van der Waals surface area contributed by atoms with Crippen molar-refractivity contribution in [2.45, 2.75) is 0 Å². The van der Waals surface area contributed by atoms with E-state index in [-0.39, 0.29) is 0 Å². The fraction of sp³-hybridized carbons (Fsp3) is 0. The number of aromatic nitrogens is 4. The maximum absolute atomic E-state index is 13.9. The summed E-state index contributed by atoms with van der Waals surface area (Å²) in [5.74, 6) is -6.56. The van der Waals surface area contributed by atoms with Crippen molar-refractivity contribution >= 4 is 11.4 Å². The highest BCUT2D eigenvalue weighted by molar-refractivity contribution is 5.65. The van der Waals surface area contributed by atoms with Gasteiger partial charge in [-0.05, 0) is 0 Å². The molecule has 2 aromatic rings. The van der Waals surface area contributed by atoms with E-state index >= 15 is 0 Å². The van der Waals surface area contributed by atoms with E-state index in [0.717, 1.165) is 0 Å². The van der Waals surface area contributed by atoms with Crippen LogP contribution in [0.2, 0.25) is 0 Å². The molecule has 0 fully saturated rings. The molecule has 0 N–H and O–H groups in total. The summed E-state index contributed by atoms with van der Waals surface area (Å²) < 4.78 is 55.6. The molecule has 0 aliphatic carbocycles. The van der Waals surface area contributed by atoms with Crippen molar-refractivity contribution in [1.29, 1.82) is 10.5 Å². The Morgan fingerprint density at radius 3 is 1.15 bits per heavy atom. The normalized spacial score (nSPS) is 9.38. The number of halogens is 4. The Morgan fingerprint density at radius 2 is 0.962 bits per heavy atom. The van der Waals surface area contributed by atoms with Gasteiger partial charge in [0.05, 0.1) is 25.3 Å². The molecule has 8 nitrogen and oxygen atoms in total. The molecule has 0 radical (unpaired) electrons. The van der Waals surface area contributed by atoms with E-state index in [1.807, 2.05) is 0 Å². The summed E-state index contributed by atoms with van der Waals surface area (Å²) in [5, 5.41) is 15.1. The molecular formula is C14F4N8. The van der Waals surface area contributed by atoms with Crippen LogP contribution in [0.5, 0.6) is 0 Å². The van der Waals surface area contributed by atoms with Gasteiger partial charge in [0.1, 0.15) is 10.4 Å². The molecule has 0 spiro atoms. The highest BCUT2D eigenvalue weighted by Gasteiger charge is 2.14. The third-order valence-electron chi connectivity index (χ3n) is 2.75. The topological polar surface area (TPSA) is 108 Å². The van der Waals surface area contributed by atoms with Crippen molar-refractivity contribution in [3.05, 3.63) is 68.0 Å². The van der Waals surface area contributed by atoms with Crippen LogP contribution in [0.25, 0.3) is 21.1 Å². The van der Waals surface area contributed by atoms with Crippen LogP contribution in [0.15, 0.2) is 0 Å². The van der Waals surface area contributed by atoms with E-state index < -0.39 is 56.6 Å². The van der Waals surface area contributed by atoms with Gasteiger partial charge >= 0.3 is 0 Å². The smallest absolute Gasteiger partial charge is 0.226 e. The van der Waals surface area contributed by atoms with Gasteiger partial charge in [-0.15, -0.1) is 0 Å². The predicted octanol–water partition coefficient (Wildman–Crippen LogP) is 0.212. The average molecular weight is 356 g/mol. The lowest BCUT2D eigenvalue weighted by Gasteiger charge is -1.96. The van der Waals surface area contributed by atoms with E-state index in [1.54, 1.807) is 0 Å². The molecule has 0 aliphatic heterocycles. The van der Waals surface area contributed by atoms with E-state index in [2.05, 4.69) is 29.6 Å². The number of hydrogen-bond donors (Lipinski definition) is 0. The zero-order valence-corrected chi connectivity index (χ0v) is 12.1. The van der Waals surface area contributed by atoms with Crippen LogP contribution in [-0.2, 0) is 0 Å². The highest BCUT2D eigenvalue weighted by Crippen LogP contribution is 1.99. The van der Waals surface area contributed by atoms with Crippen LogP contribution >= 0.6 is 0 Å². The molecule has 0 saturated heterocycles. The van der Waals surface area contributed by atoms with Crippen LogP contribution in [0.4, 0.5) is 17.6 Å². The zero-order chi connectivity index (χ0) is 19.4. The quantitative estimate of drug-likeness (QED) is 0.379. The van der Waals surface area contributed by atoms with Gasteiger partial charge in [0.15, 0.2) is 0 Å². The maximum Gasteiger partial charge on any atom is 0.278 e. The van der Waals surface area contributed by atoms with Crippen LogP contribution in [-0.4, -0.2) is 19.9 Å². The van der Waals surface area contributed by atoms with Crippen LogP contribution in [0, 0.1) is 70.6 Å². The standard InChI is InChI=1S/C14F4N8/c1-21-5(3-19)7-9(15)23-13(24-10(7)16)14-25-11(17)8(12(18)26-14)6(4-20)22-2. The van der Waals surface area contributed by atoms with E-state index in [1.165, 1.54) is 12.1 Å². The predicted molar refractivity (Wildman–Crippen MR) is 72.1 cm³/mol. The summed E-state index contributed by atoms with van der Waals surface area (Å²) in [6.45, 7) is 13.3. The third kappa shape index (κ3) is 2.99. The third-order valence-corrected chi connectivity index (χ3v) is 2.75. The van der Waals surface area contributed by atoms with Crippen molar-refractivity contribution in [3.8, 4) is 12.1 Å². The van der Waals surface area contributed by atoms with Gasteiger partial charge in [-0.2, -0.15) is 37.5 Å². The summed E-state index contributed by atoms with van der Waals surface area (Å²) >= 11 is 0. The average Bonchev–Trinajstić information content (AvgIpc) is 2.60. The Balaban J connectivity index is 3.07. The summed E-state index contributed by atoms with van der Waals surface area (Å²) in [6, 6.07) is 2.50. The van der Waals surface area contributed by atoms with Crippen molar-refractivity contribution < 1.29 is 17.6 Å². The minimum atomic E-state index is -1.64. The molecular weight excluding hydrogens is 356 g/mol. The van der Waals surface area contributed by atoms with Crippen LogP contribution in [0.1, 0.15) is 0 Å². The lowest BCUT2D eigenvalue weighted by atomic mass is 10.3. The Labute approximate surface area is 140 Å². The summed E-state index contributed by atoms with van der Waals surface area (Å²) in [4.78, 5) is 17.6. The molecule has 0 unspecified atom stereocenters. The van der Waals surface area contributed by atoms with Crippen molar-refractivity contribution in [1.82, 2.24) is 19.9 Å². The molecule has 26 heavy (non-hydrogen) atoms. The van der Waals surface area contributed by atoms with Gasteiger partial charge in [-0.1, -0.05) is 0 Å². The molecule has 2 heterocycles. The largest absolute Gasteiger partial charge is 0.278 e. The van der Waals surface area contributed by atoms with E-state index in [4.69, 9.17) is 23.7 Å². The first-order valence-corrected chi connectivity index (χ1v) is 6.14. The zero-order valence-electron chi connectivity index (χ0n) is 12.1. The maximum atomic E-state index is 13.9. The van der Waals surface area contributed by atoms with Gasteiger partial charge in [0.2, 0.25) is 34.7 Å². The van der Waals surface area contributed by atoms with Crippen molar-refractivity contribution in [3.63, 3.8) is 0 Å². The Bertz CT molecular complexity index is 1130. The molecule has 12 heteroatoms. The Kier molecular flexibility index (Phi) is 4.82. The summed E-state index contributed by atoms with van der Waals surface area (Å²) in [6.07, 6.45) is 0. The molecule has 0 amide bonds. The van der Waals surface area contributed by atoms with Crippen LogP contribution < -0.4 is 10.4 Å². The molecule has 2 rings (SSSR count). The van der Waals surface area contributed by atoms with Gasteiger partial charge in [0, 0.05) is 0 Å². The molecule has 0 atom stereocenters. The molecule has 0 aromatic carbocycles. The molecule has 0 bridgehead atoms. The lowest BCUT2D eigenvalue weighted by molar-refractivity contribution is 0.487. The first kappa shape index (κ1) is 17.9. The number of rotatable bonds is 0. The Hall–Kier alpha value is -4.42.